The van der Waals surface area contributed by atoms with Gasteiger partial charge in [-0.2, -0.15) is 0 Å². The summed E-state index contributed by atoms with van der Waals surface area (Å²) < 4.78 is 4.97. The number of carbonyl (C=O) groups is 1. The minimum absolute atomic E-state index is 0.320. The maximum atomic E-state index is 10.5. The Labute approximate surface area is 84.8 Å². The minimum atomic E-state index is -0.672. The molecule has 1 atom stereocenters. The summed E-state index contributed by atoms with van der Waals surface area (Å²) in [5, 5.41) is 8.64. The van der Waals surface area contributed by atoms with Crippen LogP contribution in [-0.2, 0) is 9.53 Å². The molecular formula is C10H19NO3. The smallest absolute Gasteiger partial charge is 0.303 e. The van der Waals surface area contributed by atoms with Gasteiger partial charge in [-0.25, -0.2) is 0 Å². The van der Waals surface area contributed by atoms with Gasteiger partial charge in [0.25, 0.3) is 0 Å². The summed E-state index contributed by atoms with van der Waals surface area (Å²) in [6.07, 6.45) is 2.39. The number of likely N-dealkylation sites (tertiary alicyclic amines) is 1. The van der Waals surface area contributed by atoms with Crippen molar-refractivity contribution in [3.05, 3.63) is 0 Å². The Bertz CT molecular complexity index is 184. The lowest BCUT2D eigenvalue weighted by Gasteiger charge is -2.14. The van der Waals surface area contributed by atoms with Crippen LogP contribution in [0.15, 0.2) is 0 Å². The van der Waals surface area contributed by atoms with E-state index in [9.17, 15) is 4.79 Å². The first-order chi connectivity index (χ1) is 6.72. The van der Waals surface area contributed by atoms with Crippen LogP contribution in [0.3, 0.4) is 0 Å². The van der Waals surface area contributed by atoms with Gasteiger partial charge in [-0.3, -0.25) is 4.79 Å². The van der Waals surface area contributed by atoms with E-state index in [-0.39, 0.29) is 0 Å². The number of carboxylic acid groups (broad SMARTS) is 1. The first-order valence-corrected chi connectivity index (χ1v) is 5.15. The number of rotatable bonds is 6. The van der Waals surface area contributed by atoms with Gasteiger partial charge in [-0.1, -0.05) is 0 Å². The molecule has 4 nitrogen and oxygen atoms in total. The average molecular weight is 201 g/mol. The van der Waals surface area contributed by atoms with E-state index in [4.69, 9.17) is 9.84 Å². The van der Waals surface area contributed by atoms with Crippen molar-refractivity contribution in [1.29, 1.82) is 0 Å². The molecule has 1 heterocycles. The molecule has 0 saturated carbocycles. The van der Waals surface area contributed by atoms with E-state index in [0.29, 0.717) is 12.3 Å². The zero-order chi connectivity index (χ0) is 10.4. The maximum absolute atomic E-state index is 10.5. The highest BCUT2D eigenvalue weighted by Crippen LogP contribution is 2.19. The highest BCUT2D eigenvalue weighted by molar-refractivity contribution is 5.67. The SMILES string of the molecule is COCCCN1CCC(CC(=O)O)C1. The zero-order valence-corrected chi connectivity index (χ0v) is 8.74. The second kappa shape index (κ2) is 5.98. The standard InChI is InChI=1S/C10H19NO3/c1-14-6-2-4-11-5-3-9(8-11)7-10(12)13/h9H,2-8H2,1H3,(H,12,13). The Kier molecular flexibility index (Phi) is 4.90. The van der Waals surface area contributed by atoms with Crippen LogP contribution in [0.2, 0.25) is 0 Å². The molecule has 1 rings (SSSR count). The molecule has 1 N–H and O–H groups in total. The van der Waals surface area contributed by atoms with Crippen molar-refractivity contribution in [2.45, 2.75) is 19.3 Å². The molecule has 0 radical (unpaired) electrons. The molecule has 1 fully saturated rings. The van der Waals surface area contributed by atoms with Gasteiger partial charge in [0.15, 0.2) is 0 Å². The predicted molar refractivity (Wildman–Crippen MR) is 53.3 cm³/mol. The molecule has 0 aromatic rings. The molecule has 0 aromatic heterocycles. The largest absolute Gasteiger partial charge is 0.481 e. The lowest BCUT2D eigenvalue weighted by atomic mass is 10.1. The van der Waals surface area contributed by atoms with E-state index in [1.165, 1.54) is 0 Å². The molecular weight excluding hydrogens is 182 g/mol. The zero-order valence-electron chi connectivity index (χ0n) is 8.74. The van der Waals surface area contributed by atoms with Crippen LogP contribution in [0.5, 0.6) is 0 Å². The van der Waals surface area contributed by atoms with Crippen molar-refractivity contribution in [3.8, 4) is 0 Å². The van der Waals surface area contributed by atoms with Crippen molar-refractivity contribution in [3.63, 3.8) is 0 Å². The van der Waals surface area contributed by atoms with Gasteiger partial charge in [0.1, 0.15) is 0 Å². The predicted octanol–water partition coefficient (Wildman–Crippen LogP) is 0.820. The Morgan fingerprint density at radius 2 is 2.43 bits per heavy atom. The summed E-state index contributed by atoms with van der Waals surface area (Å²) in [7, 11) is 1.71. The van der Waals surface area contributed by atoms with Crippen LogP contribution in [0, 0.1) is 5.92 Å². The molecule has 0 amide bonds. The van der Waals surface area contributed by atoms with E-state index < -0.39 is 5.97 Å². The Morgan fingerprint density at radius 1 is 1.64 bits per heavy atom. The molecule has 0 aliphatic carbocycles. The number of hydrogen-bond donors (Lipinski definition) is 1. The van der Waals surface area contributed by atoms with E-state index in [2.05, 4.69) is 4.90 Å². The highest BCUT2D eigenvalue weighted by atomic mass is 16.5. The van der Waals surface area contributed by atoms with E-state index in [1.807, 2.05) is 0 Å². The van der Waals surface area contributed by atoms with Crippen molar-refractivity contribution >= 4 is 5.97 Å². The van der Waals surface area contributed by atoms with Gasteiger partial charge >= 0.3 is 5.97 Å². The summed E-state index contributed by atoms with van der Waals surface area (Å²) in [6, 6.07) is 0. The maximum Gasteiger partial charge on any atom is 0.303 e. The fraction of sp³-hybridized carbons (Fsp3) is 0.900. The molecule has 0 bridgehead atoms. The van der Waals surface area contributed by atoms with Crippen LogP contribution in [0.1, 0.15) is 19.3 Å². The average Bonchev–Trinajstić information content (AvgIpc) is 2.52. The van der Waals surface area contributed by atoms with Gasteiger partial charge in [0, 0.05) is 33.2 Å². The summed E-state index contributed by atoms with van der Waals surface area (Å²) >= 11 is 0. The van der Waals surface area contributed by atoms with Crippen molar-refractivity contribution in [2.75, 3.05) is 33.4 Å². The molecule has 0 spiro atoms. The third-order valence-electron chi connectivity index (χ3n) is 2.66. The van der Waals surface area contributed by atoms with Crippen LogP contribution in [0.4, 0.5) is 0 Å². The fourth-order valence-electron chi connectivity index (χ4n) is 1.96. The van der Waals surface area contributed by atoms with E-state index >= 15 is 0 Å². The first kappa shape index (κ1) is 11.5. The summed E-state index contributed by atoms with van der Waals surface area (Å²) in [5.74, 6) is -0.316. The highest BCUT2D eigenvalue weighted by Gasteiger charge is 2.23. The van der Waals surface area contributed by atoms with E-state index in [1.54, 1.807) is 7.11 Å². The Hall–Kier alpha value is -0.610. The fourth-order valence-corrected chi connectivity index (χ4v) is 1.96. The van der Waals surface area contributed by atoms with Gasteiger partial charge in [0.2, 0.25) is 0 Å². The molecule has 1 aliphatic rings. The number of hydrogen-bond acceptors (Lipinski definition) is 3. The van der Waals surface area contributed by atoms with Gasteiger partial charge < -0.3 is 14.7 Å². The quantitative estimate of drug-likeness (QED) is 0.646. The second-order valence-electron chi connectivity index (χ2n) is 3.90. The molecule has 14 heavy (non-hydrogen) atoms. The topological polar surface area (TPSA) is 49.8 Å². The minimum Gasteiger partial charge on any atom is -0.481 e. The second-order valence-corrected chi connectivity index (χ2v) is 3.90. The third-order valence-corrected chi connectivity index (χ3v) is 2.66. The van der Waals surface area contributed by atoms with Crippen LogP contribution >= 0.6 is 0 Å². The lowest BCUT2D eigenvalue weighted by molar-refractivity contribution is -0.138. The molecule has 1 saturated heterocycles. The van der Waals surface area contributed by atoms with Gasteiger partial charge in [0.05, 0.1) is 0 Å². The molecule has 4 heteroatoms. The molecule has 82 valence electrons. The third kappa shape index (κ3) is 4.07. The monoisotopic (exact) mass is 201 g/mol. The molecule has 1 unspecified atom stereocenters. The van der Waals surface area contributed by atoms with Gasteiger partial charge in [-0.15, -0.1) is 0 Å². The van der Waals surface area contributed by atoms with Gasteiger partial charge in [-0.05, 0) is 25.3 Å². The Morgan fingerprint density at radius 3 is 3.07 bits per heavy atom. The summed E-state index contributed by atoms with van der Waals surface area (Å²) in [5.41, 5.74) is 0. The van der Waals surface area contributed by atoms with Crippen molar-refractivity contribution in [1.82, 2.24) is 4.90 Å². The molecule has 0 aromatic carbocycles. The van der Waals surface area contributed by atoms with Crippen molar-refractivity contribution < 1.29 is 14.6 Å². The number of nitrogens with zero attached hydrogens (tertiary/aromatic N) is 1. The van der Waals surface area contributed by atoms with Crippen LogP contribution < -0.4 is 0 Å². The summed E-state index contributed by atoms with van der Waals surface area (Å²) in [6.45, 7) is 3.81. The van der Waals surface area contributed by atoms with Crippen LogP contribution in [0.25, 0.3) is 0 Å². The van der Waals surface area contributed by atoms with Crippen molar-refractivity contribution in [2.24, 2.45) is 5.92 Å². The van der Waals surface area contributed by atoms with Crippen LogP contribution in [-0.4, -0.2) is 49.3 Å². The number of carboxylic acids is 1. The molecule has 1 aliphatic heterocycles. The number of ether oxygens (including phenoxy) is 1. The first-order valence-electron chi connectivity index (χ1n) is 5.15. The number of methoxy groups -OCH3 is 1. The summed E-state index contributed by atoms with van der Waals surface area (Å²) in [4.78, 5) is 12.8. The van der Waals surface area contributed by atoms with E-state index in [0.717, 1.165) is 39.1 Å². The lowest BCUT2D eigenvalue weighted by Crippen LogP contribution is -2.23. The number of aliphatic carboxylic acids is 1. The Balaban J connectivity index is 2.11. The normalized spacial score (nSPS) is 22.8.